The first kappa shape index (κ1) is 19.7. The standard InChI is InChI=1S/C20H26N4O4/c1-23-13-15(12-21-23)20(26)22-16-6-8-24(9-7-16)19(25)11-14-4-5-17(27-2)18(10-14)28-3/h4-5,10,12-13,16H,6-9,11H2,1-3H3,(H,22,26). The zero-order valence-electron chi connectivity index (χ0n) is 16.5. The third kappa shape index (κ3) is 4.62. The van der Waals surface area contributed by atoms with Crippen LogP contribution in [-0.4, -0.2) is 59.8 Å². The Labute approximate surface area is 164 Å². The van der Waals surface area contributed by atoms with Crippen LogP contribution in [0.5, 0.6) is 11.5 Å². The van der Waals surface area contributed by atoms with Gasteiger partial charge in [0.25, 0.3) is 5.91 Å². The second-order valence-corrected chi connectivity index (χ2v) is 6.90. The number of nitrogens with zero attached hydrogens (tertiary/aromatic N) is 3. The van der Waals surface area contributed by atoms with Crippen molar-refractivity contribution in [2.45, 2.75) is 25.3 Å². The van der Waals surface area contributed by atoms with Crippen LogP contribution in [0.3, 0.4) is 0 Å². The average molecular weight is 386 g/mol. The number of likely N-dealkylation sites (tertiary alicyclic amines) is 1. The number of amides is 2. The molecule has 2 heterocycles. The van der Waals surface area contributed by atoms with E-state index < -0.39 is 0 Å². The number of benzene rings is 1. The minimum atomic E-state index is -0.122. The van der Waals surface area contributed by atoms with Crippen LogP contribution >= 0.6 is 0 Å². The molecule has 0 saturated carbocycles. The van der Waals surface area contributed by atoms with Gasteiger partial charge < -0.3 is 19.7 Å². The number of ether oxygens (including phenoxy) is 2. The second-order valence-electron chi connectivity index (χ2n) is 6.90. The van der Waals surface area contributed by atoms with Crippen LogP contribution < -0.4 is 14.8 Å². The van der Waals surface area contributed by atoms with Gasteiger partial charge in [0, 0.05) is 32.4 Å². The quantitative estimate of drug-likeness (QED) is 0.811. The number of methoxy groups -OCH3 is 2. The Morgan fingerprint density at radius 3 is 2.50 bits per heavy atom. The largest absolute Gasteiger partial charge is 0.493 e. The molecule has 8 nitrogen and oxygen atoms in total. The van der Waals surface area contributed by atoms with Gasteiger partial charge in [-0.25, -0.2) is 0 Å². The number of hydrogen-bond acceptors (Lipinski definition) is 5. The zero-order valence-corrected chi connectivity index (χ0v) is 16.5. The van der Waals surface area contributed by atoms with Gasteiger partial charge in [0.2, 0.25) is 5.91 Å². The lowest BCUT2D eigenvalue weighted by Crippen LogP contribution is -2.46. The molecular formula is C20H26N4O4. The highest BCUT2D eigenvalue weighted by atomic mass is 16.5. The maximum absolute atomic E-state index is 12.6. The lowest BCUT2D eigenvalue weighted by Gasteiger charge is -2.32. The number of aryl methyl sites for hydroxylation is 1. The number of nitrogens with one attached hydrogen (secondary N) is 1. The molecule has 0 atom stereocenters. The predicted octanol–water partition coefficient (Wildman–Crippen LogP) is 1.40. The van der Waals surface area contributed by atoms with E-state index in [0.717, 1.165) is 18.4 Å². The summed E-state index contributed by atoms with van der Waals surface area (Å²) in [6, 6.07) is 5.58. The van der Waals surface area contributed by atoms with Gasteiger partial charge in [0.1, 0.15) is 0 Å². The van der Waals surface area contributed by atoms with Crippen LogP contribution in [0.4, 0.5) is 0 Å². The van der Waals surface area contributed by atoms with Crippen molar-refractivity contribution in [1.82, 2.24) is 20.0 Å². The second kappa shape index (κ2) is 8.77. The Balaban J connectivity index is 1.50. The fourth-order valence-electron chi connectivity index (χ4n) is 3.36. The van der Waals surface area contributed by atoms with E-state index in [-0.39, 0.29) is 17.9 Å². The van der Waals surface area contributed by atoms with E-state index in [1.807, 2.05) is 23.1 Å². The summed E-state index contributed by atoms with van der Waals surface area (Å²) in [5, 5.41) is 7.04. The highest BCUT2D eigenvalue weighted by Crippen LogP contribution is 2.28. The number of rotatable bonds is 6. The molecule has 1 aliphatic rings. The van der Waals surface area contributed by atoms with Crippen molar-refractivity contribution in [3.63, 3.8) is 0 Å². The van der Waals surface area contributed by atoms with Crippen LogP contribution in [0.1, 0.15) is 28.8 Å². The smallest absolute Gasteiger partial charge is 0.254 e. The third-order valence-electron chi connectivity index (χ3n) is 4.95. The van der Waals surface area contributed by atoms with E-state index in [2.05, 4.69) is 10.4 Å². The first-order valence-electron chi connectivity index (χ1n) is 9.28. The van der Waals surface area contributed by atoms with Crippen molar-refractivity contribution >= 4 is 11.8 Å². The van der Waals surface area contributed by atoms with Gasteiger partial charge in [0.15, 0.2) is 11.5 Å². The summed E-state index contributed by atoms with van der Waals surface area (Å²) in [5.74, 6) is 1.21. The summed E-state index contributed by atoms with van der Waals surface area (Å²) in [6.07, 6.45) is 5.04. The molecule has 0 unspecified atom stereocenters. The Morgan fingerprint density at radius 1 is 1.18 bits per heavy atom. The van der Waals surface area contributed by atoms with Gasteiger partial charge in [-0.15, -0.1) is 0 Å². The molecule has 1 aromatic heterocycles. The Hall–Kier alpha value is -3.03. The molecule has 1 aliphatic heterocycles. The topological polar surface area (TPSA) is 85.7 Å². The first-order chi connectivity index (χ1) is 13.5. The fraction of sp³-hybridized carbons (Fsp3) is 0.450. The monoisotopic (exact) mass is 386 g/mol. The van der Waals surface area contributed by atoms with Gasteiger partial charge >= 0.3 is 0 Å². The van der Waals surface area contributed by atoms with Crippen LogP contribution in [0.2, 0.25) is 0 Å². The summed E-state index contributed by atoms with van der Waals surface area (Å²) in [6.45, 7) is 1.26. The maximum Gasteiger partial charge on any atom is 0.254 e. The summed E-state index contributed by atoms with van der Waals surface area (Å²) in [7, 11) is 4.94. The van der Waals surface area contributed by atoms with E-state index >= 15 is 0 Å². The minimum Gasteiger partial charge on any atom is -0.493 e. The van der Waals surface area contributed by atoms with Crippen LogP contribution in [0.25, 0.3) is 0 Å². The van der Waals surface area contributed by atoms with Gasteiger partial charge in [-0.3, -0.25) is 14.3 Å². The molecule has 1 fully saturated rings. The van der Waals surface area contributed by atoms with E-state index in [9.17, 15) is 9.59 Å². The van der Waals surface area contributed by atoms with E-state index in [1.165, 1.54) is 0 Å². The van der Waals surface area contributed by atoms with Crippen LogP contribution in [0, 0.1) is 0 Å². The van der Waals surface area contributed by atoms with Gasteiger partial charge in [0.05, 0.1) is 32.4 Å². The molecule has 150 valence electrons. The number of piperidine rings is 1. The molecule has 1 aromatic carbocycles. The van der Waals surface area contributed by atoms with E-state index in [4.69, 9.17) is 9.47 Å². The number of carbonyl (C=O) groups excluding carboxylic acids is 2. The van der Waals surface area contributed by atoms with Crippen molar-refractivity contribution in [2.75, 3.05) is 27.3 Å². The summed E-state index contributed by atoms with van der Waals surface area (Å²) in [4.78, 5) is 26.7. The molecule has 2 amide bonds. The van der Waals surface area contributed by atoms with Crippen molar-refractivity contribution < 1.29 is 19.1 Å². The van der Waals surface area contributed by atoms with Crippen molar-refractivity contribution in [3.8, 4) is 11.5 Å². The molecule has 1 saturated heterocycles. The maximum atomic E-state index is 12.6. The molecule has 28 heavy (non-hydrogen) atoms. The van der Waals surface area contributed by atoms with Crippen LogP contribution in [0.15, 0.2) is 30.6 Å². The summed E-state index contributed by atoms with van der Waals surface area (Å²) >= 11 is 0. The Bertz CT molecular complexity index is 840. The SMILES string of the molecule is COc1ccc(CC(=O)N2CCC(NC(=O)c3cnn(C)c3)CC2)cc1OC. The van der Waals surface area contributed by atoms with Crippen molar-refractivity contribution in [1.29, 1.82) is 0 Å². The van der Waals surface area contributed by atoms with Crippen LogP contribution in [-0.2, 0) is 18.3 Å². The molecule has 0 bridgehead atoms. The molecule has 0 spiro atoms. The van der Waals surface area contributed by atoms with Gasteiger partial charge in [-0.2, -0.15) is 5.10 Å². The molecule has 1 N–H and O–H groups in total. The minimum absolute atomic E-state index is 0.0674. The first-order valence-corrected chi connectivity index (χ1v) is 9.28. The average Bonchev–Trinajstić information content (AvgIpc) is 3.15. The van der Waals surface area contributed by atoms with Crippen molar-refractivity contribution in [3.05, 3.63) is 41.7 Å². The number of hydrogen-bond donors (Lipinski definition) is 1. The Morgan fingerprint density at radius 2 is 1.89 bits per heavy atom. The molecule has 0 aliphatic carbocycles. The van der Waals surface area contributed by atoms with E-state index in [1.54, 1.807) is 38.3 Å². The molecule has 8 heteroatoms. The highest BCUT2D eigenvalue weighted by Gasteiger charge is 2.24. The molecule has 2 aromatic rings. The normalized spacial score (nSPS) is 14.6. The summed E-state index contributed by atoms with van der Waals surface area (Å²) in [5.41, 5.74) is 1.43. The van der Waals surface area contributed by atoms with E-state index in [0.29, 0.717) is 36.6 Å². The molecular weight excluding hydrogens is 360 g/mol. The lowest BCUT2D eigenvalue weighted by atomic mass is 10.0. The highest BCUT2D eigenvalue weighted by molar-refractivity contribution is 5.93. The zero-order chi connectivity index (χ0) is 20.1. The van der Waals surface area contributed by atoms with Gasteiger partial charge in [-0.1, -0.05) is 6.07 Å². The predicted molar refractivity (Wildman–Crippen MR) is 104 cm³/mol. The number of carbonyl (C=O) groups is 2. The third-order valence-corrected chi connectivity index (χ3v) is 4.95. The van der Waals surface area contributed by atoms with Gasteiger partial charge in [-0.05, 0) is 30.5 Å². The fourth-order valence-corrected chi connectivity index (χ4v) is 3.36. The summed E-state index contributed by atoms with van der Waals surface area (Å²) < 4.78 is 12.1. The molecule has 3 rings (SSSR count). The Kier molecular flexibility index (Phi) is 6.18. The number of aromatic nitrogens is 2. The lowest BCUT2D eigenvalue weighted by molar-refractivity contribution is -0.131. The molecule has 0 radical (unpaired) electrons. The van der Waals surface area contributed by atoms with Crippen molar-refractivity contribution in [2.24, 2.45) is 7.05 Å².